The Hall–Kier alpha value is -2.38. The third kappa shape index (κ3) is 2.76. The molecule has 1 fully saturated rings. The minimum Gasteiger partial charge on any atom is -0.352 e. The highest BCUT2D eigenvalue weighted by atomic mass is 16.2. The van der Waals surface area contributed by atoms with Crippen molar-refractivity contribution in [3.8, 4) is 0 Å². The first-order chi connectivity index (χ1) is 11.4. The zero-order valence-electron chi connectivity index (χ0n) is 14.3. The number of nitrogens with zero attached hydrogens (tertiary/aromatic N) is 4. The van der Waals surface area contributed by atoms with Crippen LogP contribution in [0, 0.1) is 5.92 Å². The molecule has 0 unspecified atom stereocenters. The highest BCUT2D eigenvalue weighted by Gasteiger charge is 2.23. The summed E-state index contributed by atoms with van der Waals surface area (Å²) in [6.07, 6.45) is 5.90. The molecule has 1 saturated carbocycles. The third-order valence-corrected chi connectivity index (χ3v) is 4.99. The molecule has 1 amide bonds. The molecule has 0 aromatic carbocycles. The maximum Gasteiger partial charge on any atom is 0.332 e. The molecule has 24 heavy (non-hydrogen) atoms. The first-order valence-electron chi connectivity index (χ1n) is 8.30. The van der Waals surface area contributed by atoms with Crippen molar-refractivity contribution in [3.05, 3.63) is 27.2 Å². The number of hydrogen-bond acceptors (Lipinski definition) is 4. The Kier molecular flexibility index (Phi) is 4.29. The molecule has 130 valence electrons. The van der Waals surface area contributed by atoms with E-state index in [4.69, 9.17) is 0 Å². The van der Waals surface area contributed by atoms with E-state index < -0.39 is 11.2 Å². The summed E-state index contributed by atoms with van der Waals surface area (Å²) in [6, 6.07) is 0.188. The van der Waals surface area contributed by atoms with Crippen LogP contribution in [0.3, 0.4) is 0 Å². The molecule has 8 nitrogen and oxygen atoms in total. The van der Waals surface area contributed by atoms with Crippen molar-refractivity contribution in [1.82, 2.24) is 24.0 Å². The summed E-state index contributed by atoms with van der Waals surface area (Å²) in [7, 11) is 2.98. The molecule has 2 aromatic rings. The minimum atomic E-state index is -0.440. The van der Waals surface area contributed by atoms with Crippen LogP contribution in [-0.2, 0) is 25.4 Å². The fourth-order valence-electron chi connectivity index (χ4n) is 3.45. The Bertz CT molecular complexity index is 891. The second-order valence-corrected chi connectivity index (χ2v) is 6.69. The van der Waals surface area contributed by atoms with Gasteiger partial charge in [-0.25, -0.2) is 9.78 Å². The number of fused-ring (bicyclic) bond motifs is 1. The Balaban J connectivity index is 1.87. The van der Waals surface area contributed by atoms with Crippen LogP contribution in [0.25, 0.3) is 11.2 Å². The first-order valence-corrected chi connectivity index (χ1v) is 8.30. The quantitative estimate of drug-likeness (QED) is 0.864. The molecule has 1 aliphatic carbocycles. The Morgan fingerprint density at radius 1 is 1.25 bits per heavy atom. The number of aromatic nitrogens is 4. The van der Waals surface area contributed by atoms with E-state index in [1.165, 1.54) is 28.9 Å². The van der Waals surface area contributed by atoms with Gasteiger partial charge in [-0.15, -0.1) is 0 Å². The summed E-state index contributed by atoms with van der Waals surface area (Å²) in [6.45, 7) is 2.18. The molecule has 0 radical (unpaired) electrons. The van der Waals surface area contributed by atoms with Gasteiger partial charge in [-0.05, 0) is 18.8 Å². The standard InChI is InChI=1S/C16H23N5O3/c1-10-6-4-5-7-11(10)18-12(22)8-21-9-17-14-13(21)15(23)20(3)16(24)19(14)2/h9-11H,4-8H2,1-3H3,(H,18,22)/t10-,11-/m1/s1. The summed E-state index contributed by atoms with van der Waals surface area (Å²) in [5, 5.41) is 3.07. The van der Waals surface area contributed by atoms with Crippen LogP contribution in [-0.4, -0.2) is 30.6 Å². The SMILES string of the molecule is C[C@@H]1CCCC[C@H]1NC(=O)Cn1cnc2c1c(=O)n(C)c(=O)n2C. The Labute approximate surface area is 139 Å². The molecule has 0 saturated heterocycles. The van der Waals surface area contributed by atoms with Gasteiger partial charge in [0.1, 0.15) is 6.54 Å². The van der Waals surface area contributed by atoms with E-state index in [9.17, 15) is 14.4 Å². The van der Waals surface area contributed by atoms with Crippen LogP contribution < -0.4 is 16.6 Å². The average molecular weight is 333 g/mol. The zero-order valence-corrected chi connectivity index (χ0v) is 14.3. The van der Waals surface area contributed by atoms with Crippen LogP contribution in [0.2, 0.25) is 0 Å². The molecule has 8 heteroatoms. The van der Waals surface area contributed by atoms with E-state index in [2.05, 4.69) is 17.2 Å². The summed E-state index contributed by atoms with van der Waals surface area (Å²) in [5.41, 5.74) is -0.309. The summed E-state index contributed by atoms with van der Waals surface area (Å²) >= 11 is 0. The van der Waals surface area contributed by atoms with Gasteiger partial charge in [0.25, 0.3) is 5.56 Å². The number of aryl methyl sites for hydroxylation is 1. The van der Waals surface area contributed by atoms with Crippen molar-refractivity contribution in [2.45, 2.75) is 45.2 Å². The van der Waals surface area contributed by atoms with Crippen LogP contribution in [0.15, 0.2) is 15.9 Å². The van der Waals surface area contributed by atoms with Gasteiger partial charge in [0.2, 0.25) is 5.91 Å². The normalized spacial score (nSPS) is 21.1. The number of carbonyl (C=O) groups excluding carboxylic acids is 1. The summed E-state index contributed by atoms with van der Waals surface area (Å²) < 4.78 is 3.86. The van der Waals surface area contributed by atoms with E-state index >= 15 is 0 Å². The van der Waals surface area contributed by atoms with E-state index in [0.29, 0.717) is 11.6 Å². The van der Waals surface area contributed by atoms with Crippen molar-refractivity contribution in [3.63, 3.8) is 0 Å². The summed E-state index contributed by atoms with van der Waals surface area (Å²) in [5.74, 6) is 0.333. The minimum absolute atomic E-state index is 0.0210. The molecule has 0 bridgehead atoms. The number of hydrogen-bond donors (Lipinski definition) is 1. The highest BCUT2D eigenvalue weighted by Crippen LogP contribution is 2.23. The molecule has 2 heterocycles. The molecule has 2 atom stereocenters. The maximum atomic E-state index is 12.4. The lowest BCUT2D eigenvalue weighted by Gasteiger charge is -2.29. The van der Waals surface area contributed by atoms with Crippen LogP contribution in [0.1, 0.15) is 32.6 Å². The molecule has 0 aliphatic heterocycles. The van der Waals surface area contributed by atoms with Gasteiger partial charge in [0, 0.05) is 20.1 Å². The fraction of sp³-hybridized carbons (Fsp3) is 0.625. The second kappa shape index (κ2) is 6.26. The maximum absolute atomic E-state index is 12.4. The molecule has 1 N–H and O–H groups in total. The van der Waals surface area contributed by atoms with Crippen molar-refractivity contribution < 1.29 is 4.79 Å². The predicted octanol–water partition coefficient (Wildman–Crippen LogP) is 0.129. The number of carbonyl (C=O) groups is 1. The lowest BCUT2D eigenvalue weighted by molar-refractivity contribution is -0.122. The smallest absolute Gasteiger partial charge is 0.332 e. The van der Waals surface area contributed by atoms with Crippen molar-refractivity contribution in [2.24, 2.45) is 20.0 Å². The van der Waals surface area contributed by atoms with E-state index in [-0.39, 0.29) is 24.0 Å². The number of rotatable bonds is 3. The van der Waals surface area contributed by atoms with Crippen LogP contribution in [0.4, 0.5) is 0 Å². The molecule has 3 rings (SSSR count). The number of nitrogens with one attached hydrogen (secondary N) is 1. The summed E-state index contributed by atoms with van der Waals surface area (Å²) in [4.78, 5) is 40.8. The molecule has 0 spiro atoms. The molecular weight excluding hydrogens is 310 g/mol. The number of imidazole rings is 1. The van der Waals surface area contributed by atoms with Gasteiger partial charge in [0.15, 0.2) is 11.2 Å². The Morgan fingerprint density at radius 2 is 1.96 bits per heavy atom. The van der Waals surface area contributed by atoms with Crippen LogP contribution in [0.5, 0.6) is 0 Å². The largest absolute Gasteiger partial charge is 0.352 e. The van der Waals surface area contributed by atoms with Gasteiger partial charge >= 0.3 is 5.69 Å². The lowest BCUT2D eigenvalue weighted by Crippen LogP contribution is -2.43. The topological polar surface area (TPSA) is 90.9 Å². The Morgan fingerprint density at radius 3 is 2.67 bits per heavy atom. The van der Waals surface area contributed by atoms with Gasteiger partial charge in [-0.1, -0.05) is 19.8 Å². The highest BCUT2D eigenvalue weighted by molar-refractivity contribution is 5.79. The van der Waals surface area contributed by atoms with Crippen molar-refractivity contribution >= 4 is 17.1 Å². The van der Waals surface area contributed by atoms with E-state index in [1.54, 1.807) is 7.05 Å². The van der Waals surface area contributed by atoms with Gasteiger partial charge in [0.05, 0.1) is 6.33 Å². The van der Waals surface area contributed by atoms with Crippen molar-refractivity contribution in [1.29, 1.82) is 0 Å². The first kappa shape index (κ1) is 16.5. The van der Waals surface area contributed by atoms with E-state index in [1.807, 2.05) is 0 Å². The molecule has 2 aromatic heterocycles. The molecular formula is C16H23N5O3. The second-order valence-electron chi connectivity index (χ2n) is 6.69. The number of amides is 1. The van der Waals surface area contributed by atoms with Gasteiger partial charge < -0.3 is 9.88 Å². The van der Waals surface area contributed by atoms with Gasteiger partial charge in [-0.3, -0.25) is 18.7 Å². The van der Waals surface area contributed by atoms with Crippen LogP contribution >= 0.6 is 0 Å². The lowest BCUT2D eigenvalue weighted by atomic mass is 9.86. The molecule has 1 aliphatic rings. The fourth-order valence-corrected chi connectivity index (χ4v) is 3.45. The monoisotopic (exact) mass is 333 g/mol. The zero-order chi connectivity index (χ0) is 17.4. The van der Waals surface area contributed by atoms with E-state index in [0.717, 1.165) is 23.8 Å². The van der Waals surface area contributed by atoms with Crippen molar-refractivity contribution in [2.75, 3.05) is 0 Å². The third-order valence-electron chi connectivity index (χ3n) is 4.99. The predicted molar refractivity (Wildman–Crippen MR) is 89.8 cm³/mol. The average Bonchev–Trinajstić information content (AvgIpc) is 2.96. The van der Waals surface area contributed by atoms with Gasteiger partial charge in [-0.2, -0.15) is 0 Å².